The van der Waals surface area contributed by atoms with E-state index in [2.05, 4.69) is 16.6 Å². The van der Waals surface area contributed by atoms with Crippen LogP contribution in [-0.4, -0.2) is 33.9 Å². The van der Waals surface area contributed by atoms with E-state index in [0.717, 1.165) is 12.8 Å². The smallest absolute Gasteiger partial charge is 0.224 e. The van der Waals surface area contributed by atoms with Crippen molar-refractivity contribution in [1.29, 1.82) is 0 Å². The molecular formula is C17H31ClN2O3S. The third-order valence-electron chi connectivity index (χ3n) is 3.18. The molecule has 2 unspecified atom stereocenters. The van der Waals surface area contributed by atoms with Gasteiger partial charge in [-0.1, -0.05) is 13.5 Å². The number of methoxy groups -OCH3 is 1. The molecule has 140 valence electrons. The van der Waals surface area contributed by atoms with Crippen LogP contribution in [-0.2, 0) is 20.5 Å². The van der Waals surface area contributed by atoms with Crippen molar-refractivity contribution in [2.75, 3.05) is 13.7 Å². The van der Waals surface area contributed by atoms with Gasteiger partial charge >= 0.3 is 0 Å². The zero-order chi connectivity index (χ0) is 18.8. The molecule has 0 aliphatic rings. The van der Waals surface area contributed by atoms with Crippen LogP contribution in [0.5, 0.6) is 0 Å². The first kappa shape index (κ1) is 23.1. The molecule has 0 saturated carbocycles. The summed E-state index contributed by atoms with van der Waals surface area (Å²) < 4.78 is 19.6. The fraction of sp³-hybridized carbons (Fsp3) is 0.706. The van der Waals surface area contributed by atoms with Crippen LogP contribution in [0.2, 0.25) is 0 Å². The minimum atomic E-state index is -1.08. The fourth-order valence-corrected chi connectivity index (χ4v) is 2.51. The van der Waals surface area contributed by atoms with Gasteiger partial charge in [0.2, 0.25) is 5.91 Å². The summed E-state index contributed by atoms with van der Waals surface area (Å²) in [5.41, 5.74) is 0.510. The minimum absolute atomic E-state index is 0.114. The van der Waals surface area contributed by atoms with E-state index in [0.29, 0.717) is 30.8 Å². The van der Waals surface area contributed by atoms with Gasteiger partial charge in [-0.2, -0.15) is 0 Å². The summed E-state index contributed by atoms with van der Waals surface area (Å²) in [6, 6.07) is 0. The number of alkyl halides is 1. The van der Waals surface area contributed by atoms with Gasteiger partial charge in [0.15, 0.2) is 0 Å². The highest BCUT2D eigenvalue weighted by Crippen LogP contribution is 2.12. The second-order valence-corrected chi connectivity index (χ2v) is 9.02. The molecule has 0 aromatic rings. The maximum Gasteiger partial charge on any atom is 0.224 e. The molecule has 1 amide bonds. The van der Waals surface area contributed by atoms with E-state index >= 15 is 0 Å². The standard InChI is InChI=1S/C17H31ClN2O3S/c1-7-14(18)12-15(13(2)23-6)20-16(21)10-8-9-11-19-24(22)17(3,4)5/h12,14,19H,2,7-11H2,1,3-6H3,(H,20,21)/b15-12+. The molecule has 0 saturated heterocycles. The predicted molar refractivity (Wildman–Crippen MR) is 102 cm³/mol. The van der Waals surface area contributed by atoms with E-state index in [1.807, 2.05) is 27.7 Å². The Labute approximate surface area is 153 Å². The Hall–Kier alpha value is -0.850. The van der Waals surface area contributed by atoms with Crippen LogP contribution in [0.1, 0.15) is 53.4 Å². The highest BCUT2D eigenvalue weighted by atomic mass is 35.5. The molecule has 5 nitrogen and oxygen atoms in total. The van der Waals surface area contributed by atoms with E-state index in [-0.39, 0.29) is 16.0 Å². The number of hydrogen-bond acceptors (Lipinski definition) is 3. The molecule has 0 aromatic heterocycles. The second kappa shape index (κ2) is 11.7. The fourth-order valence-electron chi connectivity index (χ4n) is 1.62. The number of halogens is 1. The number of carbonyl (C=O) groups is 1. The van der Waals surface area contributed by atoms with E-state index < -0.39 is 11.0 Å². The van der Waals surface area contributed by atoms with Crippen LogP contribution in [0.3, 0.4) is 0 Å². The van der Waals surface area contributed by atoms with Gasteiger partial charge in [-0.3, -0.25) is 4.79 Å². The first-order chi connectivity index (χ1) is 11.1. The Bertz CT molecular complexity index is 473. The summed E-state index contributed by atoms with van der Waals surface area (Å²) >= 11 is 6.10. The van der Waals surface area contributed by atoms with Crippen LogP contribution >= 0.6 is 11.6 Å². The molecule has 0 rings (SSSR count). The second-order valence-electron chi connectivity index (χ2n) is 6.41. The minimum Gasteiger partial charge on any atom is -0.495 e. The van der Waals surface area contributed by atoms with Crippen molar-refractivity contribution in [3.05, 3.63) is 24.1 Å². The molecule has 0 aromatic carbocycles. The number of rotatable bonds is 11. The van der Waals surface area contributed by atoms with Crippen molar-refractivity contribution in [2.45, 2.75) is 63.5 Å². The molecule has 0 heterocycles. The Morgan fingerprint density at radius 3 is 2.50 bits per heavy atom. The SMILES string of the molecule is C=C(OC)/C(=C\C(Cl)CC)NC(=O)CCCCNS(=O)C(C)(C)C. The molecule has 0 aliphatic heterocycles. The lowest BCUT2D eigenvalue weighted by Crippen LogP contribution is -2.33. The number of allylic oxidation sites excluding steroid dienone is 1. The monoisotopic (exact) mass is 378 g/mol. The largest absolute Gasteiger partial charge is 0.495 e. The van der Waals surface area contributed by atoms with Crippen LogP contribution < -0.4 is 10.0 Å². The number of unbranched alkanes of at least 4 members (excludes halogenated alkanes) is 1. The van der Waals surface area contributed by atoms with Crippen molar-refractivity contribution >= 4 is 28.5 Å². The van der Waals surface area contributed by atoms with Crippen molar-refractivity contribution in [3.8, 4) is 0 Å². The maximum atomic E-state index is 12.0. The zero-order valence-electron chi connectivity index (χ0n) is 15.4. The van der Waals surface area contributed by atoms with E-state index in [1.54, 1.807) is 6.08 Å². The quantitative estimate of drug-likeness (QED) is 0.250. The summed E-state index contributed by atoms with van der Waals surface area (Å²) in [4.78, 5) is 12.0. The zero-order valence-corrected chi connectivity index (χ0v) is 17.0. The molecule has 2 N–H and O–H groups in total. The number of ether oxygens (including phenoxy) is 1. The molecular weight excluding hydrogens is 348 g/mol. The van der Waals surface area contributed by atoms with E-state index in [9.17, 15) is 9.00 Å². The molecule has 0 fully saturated rings. The Morgan fingerprint density at radius 1 is 1.38 bits per heavy atom. The topological polar surface area (TPSA) is 67.4 Å². The normalized spacial score (nSPS) is 14.8. The van der Waals surface area contributed by atoms with Gasteiger partial charge in [-0.05, 0) is 46.1 Å². The van der Waals surface area contributed by atoms with Crippen LogP contribution in [0, 0.1) is 0 Å². The van der Waals surface area contributed by atoms with Crippen molar-refractivity contribution in [3.63, 3.8) is 0 Å². The molecule has 24 heavy (non-hydrogen) atoms. The first-order valence-corrected chi connectivity index (χ1v) is 9.74. The van der Waals surface area contributed by atoms with E-state index in [1.165, 1.54) is 7.11 Å². The van der Waals surface area contributed by atoms with Gasteiger partial charge in [0.05, 0.1) is 33.9 Å². The highest BCUT2D eigenvalue weighted by molar-refractivity contribution is 7.84. The predicted octanol–water partition coefficient (Wildman–Crippen LogP) is 3.39. The van der Waals surface area contributed by atoms with E-state index in [4.69, 9.17) is 16.3 Å². The maximum absolute atomic E-state index is 12.0. The van der Waals surface area contributed by atoms with Crippen LogP contribution in [0.25, 0.3) is 0 Å². The third-order valence-corrected chi connectivity index (χ3v) is 5.19. The van der Waals surface area contributed by atoms with Gasteiger partial charge in [0, 0.05) is 13.0 Å². The lowest BCUT2D eigenvalue weighted by atomic mass is 10.2. The van der Waals surface area contributed by atoms with Gasteiger partial charge in [-0.15, -0.1) is 11.6 Å². The van der Waals surface area contributed by atoms with Crippen molar-refractivity contribution < 1.29 is 13.7 Å². The number of hydrogen-bond donors (Lipinski definition) is 2. The summed E-state index contributed by atoms with van der Waals surface area (Å²) in [5.74, 6) is 0.265. The highest BCUT2D eigenvalue weighted by Gasteiger charge is 2.18. The summed E-state index contributed by atoms with van der Waals surface area (Å²) in [7, 11) is 0.420. The molecule has 0 aliphatic carbocycles. The average molecular weight is 379 g/mol. The number of carbonyl (C=O) groups excluding carboxylic acids is 1. The summed E-state index contributed by atoms with van der Waals surface area (Å²) in [6.07, 6.45) is 4.32. The molecule has 0 bridgehead atoms. The first-order valence-electron chi connectivity index (χ1n) is 8.16. The third kappa shape index (κ3) is 10.1. The van der Waals surface area contributed by atoms with Crippen LogP contribution in [0.4, 0.5) is 0 Å². The Balaban J connectivity index is 4.25. The van der Waals surface area contributed by atoms with Gasteiger partial charge in [0.25, 0.3) is 0 Å². The molecule has 0 spiro atoms. The molecule has 0 radical (unpaired) electrons. The Kier molecular flexibility index (Phi) is 11.2. The lowest BCUT2D eigenvalue weighted by Gasteiger charge is -2.18. The lowest BCUT2D eigenvalue weighted by molar-refractivity contribution is -0.120. The van der Waals surface area contributed by atoms with Gasteiger partial charge in [-0.25, -0.2) is 8.93 Å². The molecule has 7 heteroatoms. The number of amides is 1. The van der Waals surface area contributed by atoms with Crippen molar-refractivity contribution in [2.24, 2.45) is 0 Å². The average Bonchev–Trinajstić information content (AvgIpc) is 2.51. The van der Waals surface area contributed by atoms with Crippen molar-refractivity contribution in [1.82, 2.24) is 10.0 Å². The Morgan fingerprint density at radius 2 is 2.00 bits per heavy atom. The summed E-state index contributed by atoms with van der Waals surface area (Å²) in [5, 5.41) is 2.60. The van der Waals surface area contributed by atoms with Gasteiger partial charge < -0.3 is 10.1 Å². The van der Waals surface area contributed by atoms with Gasteiger partial charge in [0.1, 0.15) is 5.76 Å². The summed E-state index contributed by atoms with van der Waals surface area (Å²) in [6.45, 7) is 12.1. The van der Waals surface area contributed by atoms with Crippen LogP contribution in [0.15, 0.2) is 24.1 Å². The molecule has 2 atom stereocenters. The number of nitrogens with one attached hydrogen (secondary N) is 2.